The first-order valence-electron chi connectivity index (χ1n) is 10.5. The Morgan fingerprint density at radius 3 is 2.65 bits per heavy atom. The maximum Gasteiger partial charge on any atom is 0.159 e. The lowest BCUT2D eigenvalue weighted by Crippen LogP contribution is -2.33. The molecule has 2 N–H and O–H groups in total. The Morgan fingerprint density at radius 1 is 1.13 bits per heavy atom. The number of benzene rings is 2. The molecular weight excluding hydrogens is 392 g/mol. The van der Waals surface area contributed by atoms with Crippen molar-refractivity contribution in [2.45, 2.75) is 25.9 Å². The van der Waals surface area contributed by atoms with Crippen molar-refractivity contribution < 1.29 is 19.5 Å². The lowest BCUT2D eigenvalue weighted by Gasteiger charge is -2.21. The number of aromatic nitrogens is 1. The van der Waals surface area contributed by atoms with E-state index in [2.05, 4.69) is 10.1 Å². The summed E-state index contributed by atoms with van der Waals surface area (Å²) in [7, 11) is 2.00. The molecule has 3 rings (SSSR count). The van der Waals surface area contributed by atoms with Crippen LogP contribution < -0.4 is 4.74 Å². The number of nitrogens with zero attached hydrogens (tertiary/aromatic N) is 2. The summed E-state index contributed by atoms with van der Waals surface area (Å²) in [4.78, 5) is 2.10. The molecule has 3 aromatic rings. The van der Waals surface area contributed by atoms with Gasteiger partial charge >= 0.3 is 0 Å². The summed E-state index contributed by atoms with van der Waals surface area (Å²) in [6.07, 6.45) is 5.08. The third-order valence-electron chi connectivity index (χ3n) is 4.89. The molecule has 164 valence electrons. The van der Waals surface area contributed by atoms with E-state index in [0.29, 0.717) is 18.1 Å². The maximum absolute atomic E-state index is 10.4. The molecule has 0 amide bonds. The molecule has 6 heteroatoms. The quantitative estimate of drug-likeness (QED) is 0.483. The van der Waals surface area contributed by atoms with E-state index in [-0.39, 0.29) is 12.4 Å². The zero-order valence-electron chi connectivity index (χ0n) is 18.1. The van der Waals surface area contributed by atoms with Gasteiger partial charge in [0.1, 0.15) is 24.2 Å². The van der Waals surface area contributed by atoms with Crippen molar-refractivity contribution in [1.82, 2.24) is 10.1 Å². The molecule has 0 saturated carbocycles. The van der Waals surface area contributed by atoms with Crippen molar-refractivity contribution in [3.05, 3.63) is 77.2 Å². The number of rotatable bonds is 11. The van der Waals surface area contributed by atoms with Crippen LogP contribution in [-0.4, -0.2) is 53.1 Å². The van der Waals surface area contributed by atoms with Gasteiger partial charge < -0.3 is 24.4 Å². The number of para-hydroxylation sites is 1. The lowest BCUT2D eigenvalue weighted by atomic mass is 10.1. The molecule has 0 saturated heterocycles. The SMILES string of the molecule is Cc1cc(C=Cc2ccccc2OCC(O)CN(C)CCCc2ccc(O)cc2)on1. The molecule has 0 aliphatic heterocycles. The van der Waals surface area contributed by atoms with Gasteiger partial charge in [0.25, 0.3) is 0 Å². The number of aryl methyl sites for hydroxylation is 2. The van der Waals surface area contributed by atoms with Crippen LogP contribution >= 0.6 is 0 Å². The highest BCUT2D eigenvalue weighted by molar-refractivity contribution is 5.70. The largest absolute Gasteiger partial charge is 0.508 e. The summed E-state index contributed by atoms with van der Waals surface area (Å²) in [6.45, 7) is 3.50. The van der Waals surface area contributed by atoms with E-state index in [9.17, 15) is 10.2 Å². The van der Waals surface area contributed by atoms with E-state index in [4.69, 9.17) is 9.26 Å². The van der Waals surface area contributed by atoms with Crippen LogP contribution in [-0.2, 0) is 6.42 Å². The molecule has 31 heavy (non-hydrogen) atoms. The number of aliphatic hydroxyl groups is 1. The highest BCUT2D eigenvalue weighted by Crippen LogP contribution is 2.21. The Balaban J connectivity index is 1.43. The highest BCUT2D eigenvalue weighted by Gasteiger charge is 2.10. The van der Waals surface area contributed by atoms with Crippen LogP contribution in [0.15, 0.2) is 59.1 Å². The Hall–Kier alpha value is -3.09. The zero-order valence-corrected chi connectivity index (χ0v) is 18.1. The summed E-state index contributed by atoms with van der Waals surface area (Å²) in [5.41, 5.74) is 2.94. The molecule has 0 aliphatic rings. The van der Waals surface area contributed by atoms with Crippen LogP contribution in [0, 0.1) is 6.92 Å². The van der Waals surface area contributed by atoms with Gasteiger partial charge in [0.15, 0.2) is 5.76 Å². The second kappa shape index (κ2) is 11.3. The van der Waals surface area contributed by atoms with E-state index in [0.717, 1.165) is 30.6 Å². The Bertz CT molecular complexity index is 966. The Labute approximate surface area is 183 Å². The van der Waals surface area contributed by atoms with Gasteiger partial charge in [0.05, 0.1) is 5.69 Å². The zero-order chi connectivity index (χ0) is 22.1. The van der Waals surface area contributed by atoms with Gasteiger partial charge in [-0.15, -0.1) is 0 Å². The fraction of sp³-hybridized carbons (Fsp3) is 0.320. The second-order valence-corrected chi connectivity index (χ2v) is 7.74. The van der Waals surface area contributed by atoms with Gasteiger partial charge in [-0.1, -0.05) is 35.5 Å². The van der Waals surface area contributed by atoms with Crippen LogP contribution in [0.3, 0.4) is 0 Å². The summed E-state index contributed by atoms with van der Waals surface area (Å²) in [6, 6.07) is 16.8. The van der Waals surface area contributed by atoms with Crippen LogP contribution in [0.2, 0.25) is 0 Å². The molecule has 0 aliphatic carbocycles. The van der Waals surface area contributed by atoms with Gasteiger partial charge in [-0.05, 0) is 69.3 Å². The summed E-state index contributed by atoms with van der Waals surface area (Å²) in [5.74, 6) is 1.68. The predicted molar refractivity (Wildman–Crippen MR) is 122 cm³/mol. The summed E-state index contributed by atoms with van der Waals surface area (Å²) in [5, 5.41) is 23.6. The third-order valence-corrected chi connectivity index (χ3v) is 4.89. The van der Waals surface area contributed by atoms with Gasteiger partial charge in [-0.2, -0.15) is 0 Å². The Kier molecular flexibility index (Phi) is 8.27. The van der Waals surface area contributed by atoms with Crippen molar-refractivity contribution in [3.63, 3.8) is 0 Å². The molecule has 0 radical (unpaired) electrons. The van der Waals surface area contributed by atoms with Gasteiger partial charge in [0, 0.05) is 18.2 Å². The van der Waals surface area contributed by atoms with Crippen LogP contribution in [0.25, 0.3) is 12.2 Å². The number of phenolic OH excluding ortho intramolecular Hbond substituents is 1. The van der Waals surface area contributed by atoms with Crippen LogP contribution in [0.4, 0.5) is 0 Å². The summed E-state index contributed by atoms with van der Waals surface area (Å²) < 4.78 is 11.1. The number of aromatic hydroxyl groups is 1. The average Bonchev–Trinajstić information content (AvgIpc) is 3.18. The molecule has 0 bridgehead atoms. The monoisotopic (exact) mass is 422 g/mol. The number of aliphatic hydroxyl groups excluding tert-OH is 1. The number of hydrogen-bond acceptors (Lipinski definition) is 6. The average molecular weight is 423 g/mol. The molecule has 6 nitrogen and oxygen atoms in total. The van der Waals surface area contributed by atoms with E-state index < -0.39 is 6.10 Å². The number of likely N-dealkylation sites (N-methyl/N-ethyl adjacent to an activating group) is 1. The Morgan fingerprint density at radius 2 is 1.90 bits per heavy atom. The molecule has 1 heterocycles. The number of phenols is 1. The smallest absolute Gasteiger partial charge is 0.159 e. The first-order valence-corrected chi connectivity index (χ1v) is 10.5. The standard InChI is InChI=1S/C25H30N2O4/c1-19-16-24(31-26-19)14-11-21-7-3-4-8-25(21)30-18-23(29)17-27(2)15-5-6-20-9-12-22(28)13-10-20/h3-4,7-14,16,23,28-29H,5-6,15,17-18H2,1-2H3. The van der Waals surface area contributed by atoms with E-state index >= 15 is 0 Å². The molecular formula is C25H30N2O4. The predicted octanol–water partition coefficient (Wildman–Crippen LogP) is 4.16. The minimum absolute atomic E-state index is 0.217. The normalized spacial score (nSPS) is 12.5. The first-order chi connectivity index (χ1) is 15.0. The van der Waals surface area contributed by atoms with Gasteiger partial charge in [0.2, 0.25) is 0 Å². The molecule has 0 spiro atoms. The first kappa shape index (κ1) is 22.6. The molecule has 0 fully saturated rings. The highest BCUT2D eigenvalue weighted by atomic mass is 16.5. The van der Waals surface area contributed by atoms with E-state index in [1.54, 1.807) is 12.1 Å². The molecule has 2 aromatic carbocycles. The van der Waals surface area contributed by atoms with Crippen LogP contribution in [0.5, 0.6) is 11.5 Å². The third kappa shape index (κ3) is 7.59. The second-order valence-electron chi connectivity index (χ2n) is 7.74. The van der Waals surface area contributed by atoms with Crippen molar-refractivity contribution in [3.8, 4) is 11.5 Å². The number of hydrogen-bond donors (Lipinski definition) is 2. The number of ether oxygens (including phenoxy) is 1. The molecule has 1 aromatic heterocycles. The van der Waals surface area contributed by atoms with Crippen molar-refractivity contribution >= 4 is 12.2 Å². The fourth-order valence-electron chi connectivity index (χ4n) is 3.29. The van der Waals surface area contributed by atoms with Gasteiger partial charge in [-0.25, -0.2) is 0 Å². The minimum Gasteiger partial charge on any atom is -0.508 e. The lowest BCUT2D eigenvalue weighted by molar-refractivity contribution is 0.0760. The van der Waals surface area contributed by atoms with Gasteiger partial charge in [-0.3, -0.25) is 0 Å². The van der Waals surface area contributed by atoms with E-state index in [1.165, 1.54) is 5.56 Å². The molecule has 1 atom stereocenters. The molecule has 1 unspecified atom stereocenters. The van der Waals surface area contributed by atoms with Crippen molar-refractivity contribution in [1.29, 1.82) is 0 Å². The summed E-state index contributed by atoms with van der Waals surface area (Å²) >= 11 is 0. The van der Waals surface area contributed by atoms with Crippen LogP contribution in [0.1, 0.15) is 29.0 Å². The minimum atomic E-state index is -0.590. The van der Waals surface area contributed by atoms with Crippen molar-refractivity contribution in [2.75, 3.05) is 26.7 Å². The maximum atomic E-state index is 10.4. The van der Waals surface area contributed by atoms with E-state index in [1.807, 2.05) is 68.6 Å². The topological polar surface area (TPSA) is 79.0 Å². The van der Waals surface area contributed by atoms with Crippen molar-refractivity contribution in [2.24, 2.45) is 0 Å². The fourth-order valence-corrected chi connectivity index (χ4v) is 3.29.